The lowest BCUT2D eigenvalue weighted by atomic mass is 10.1. The summed E-state index contributed by atoms with van der Waals surface area (Å²) in [5.41, 5.74) is -0.619. The lowest BCUT2D eigenvalue weighted by molar-refractivity contribution is -0.139. The Morgan fingerprint density at radius 3 is 2.00 bits per heavy atom. The maximum absolute atomic E-state index is 12.4. The van der Waals surface area contributed by atoms with Crippen LogP contribution in [0.2, 0.25) is 0 Å². The zero-order valence-corrected chi connectivity index (χ0v) is 5.39. The van der Waals surface area contributed by atoms with Gasteiger partial charge in [0.2, 0.25) is 0 Å². The molecule has 0 aromatic carbocycles. The number of carbonyl (C=O) groups is 1. The quantitative estimate of drug-likeness (QED) is 0.579. The molecule has 1 N–H and O–H groups in total. The molecule has 1 rings (SSSR count). The lowest BCUT2D eigenvalue weighted by Gasteiger charge is -1.93. The Labute approximate surface area is 52.7 Å². The molecule has 9 heavy (non-hydrogen) atoms. The normalized spacial score (nSPS) is 38.1. The minimum atomic E-state index is -1.14. The number of carboxylic acids is 1. The molecule has 3 heteroatoms. The van der Waals surface area contributed by atoms with E-state index < -0.39 is 23.5 Å². The van der Waals surface area contributed by atoms with Gasteiger partial charge in [0.1, 0.15) is 6.17 Å². The Kier molecular flexibility index (Phi) is 1.06. The molecule has 1 aliphatic rings. The molecule has 1 aliphatic carbocycles. The van der Waals surface area contributed by atoms with E-state index in [0.717, 1.165) is 0 Å². The van der Waals surface area contributed by atoms with Crippen LogP contribution in [0.15, 0.2) is 0 Å². The summed E-state index contributed by atoms with van der Waals surface area (Å²) < 4.78 is 12.4. The third kappa shape index (κ3) is 0.713. The van der Waals surface area contributed by atoms with Crippen molar-refractivity contribution in [2.75, 3.05) is 0 Å². The van der Waals surface area contributed by atoms with E-state index in [-0.39, 0.29) is 0 Å². The monoisotopic (exact) mass is 132 g/mol. The highest BCUT2D eigenvalue weighted by Crippen LogP contribution is 2.54. The van der Waals surface area contributed by atoms with Gasteiger partial charge in [0.05, 0.1) is 5.92 Å². The van der Waals surface area contributed by atoms with E-state index in [4.69, 9.17) is 5.11 Å². The van der Waals surface area contributed by atoms with E-state index in [1.165, 1.54) is 0 Å². The first-order valence-electron chi connectivity index (χ1n) is 2.85. The zero-order chi connectivity index (χ0) is 7.23. The van der Waals surface area contributed by atoms with Crippen molar-refractivity contribution in [1.82, 2.24) is 0 Å². The average molecular weight is 132 g/mol. The Morgan fingerprint density at radius 2 is 2.00 bits per heavy atom. The van der Waals surface area contributed by atoms with Crippen LogP contribution in [0, 0.1) is 11.3 Å². The molecule has 2 nitrogen and oxygen atoms in total. The van der Waals surface area contributed by atoms with E-state index in [1.54, 1.807) is 13.8 Å². The van der Waals surface area contributed by atoms with Crippen LogP contribution in [-0.4, -0.2) is 17.2 Å². The molecule has 0 heterocycles. The average Bonchev–Trinajstić information content (AvgIpc) is 2.07. The second kappa shape index (κ2) is 1.46. The van der Waals surface area contributed by atoms with Crippen molar-refractivity contribution in [2.45, 2.75) is 20.0 Å². The Morgan fingerprint density at radius 1 is 1.67 bits per heavy atom. The number of hydrogen-bond donors (Lipinski definition) is 1. The summed E-state index contributed by atoms with van der Waals surface area (Å²) >= 11 is 0. The van der Waals surface area contributed by atoms with Crippen LogP contribution in [0.3, 0.4) is 0 Å². The SMILES string of the molecule is CC1(C)C(F)C1C(=O)O. The molecular formula is C6H9FO2. The van der Waals surface area contributed by atoms with E-state index in [0.29, 0.717) is 0 Å². The fourth-order valence-corrected chi connectivity index (χ4v) is 1.02. The van der Waals surface area contributed by atoms with Crippen molar-refractivity contribution in [3.8, 4) is 0 Å². The molecule has 2 unspecified atom stereocenters. The van der Waals surface area contributed by atoms with Crippen molar-refractivity contribution in [3.05, 3.63) is 0 Å². The molecule has 0 aromatic rings. The van der Waals surface area contributed by atoms with Crippen molar-refractivity contribution in [1.29, 1.82) is 0 Å². The summed E-state index contributed by atoms with van der Waals surface area (Å²) in [7, 11) is 0. The maximum atomic E-state index is 12.4. The van der Waals surface area contributed by atoms with Gasteiger partial charge < -0.3 is 5.11 Å². The summed E-state index contributed by atoms with van der Waals surface area (Å²) in [6.07, 6.45) is -1.14. The Bertz CT molecular complexity index is 153. The van der Waals surface area contributed by atoms with Gasteiger partial charge >= 0.3 is 5.97 Å². The van der Waals surface area contributed by atoms with Crippen LogP contribution in [0.1, 0.15) is 13.8 Å². The molecule has 52 valence electrons. The largest absolute Gasteiger partial charge is 0.481 e. The summed E-state index contributed by atoms with van der Waals surface area (Å²) in [5.74, 6) is -1.79. The van der Waals surface area contributed by atoms with Crippen LogP contribution in [0.4, 0.5) is 4.39 Å². The summed E-state index contributed by atoms with van der Waals surface area (Å²) in [6.45, 7) is 3.24. The smallest absolute Gasteiger partial charge is 0.310 e. The van der Waals surface area contributed by atoms with E-state index in [9.17, 15) is 9.18 Å². The fraction of sp³-hybridized carbons (Fsp3) is 0.833. The number of alkyl halides is 1. The zero-order valence-electron chi connectivity index (χ0n) is 5.39. The predicted octanol–water partition coefficient (Wildman–Crippen LogP) is 1.07. The third-order valence-corrected chi connectivity index (χ3v) is 1.96. The fourth-order valence-electron chi connectivity index (χ4n) is 1.02. The molecule has 0 spiro atoms. The number of halogens is 1. The Balaban J connectivity index is 2.62. The minimum Gasteiger partial charge on any atom is -0.481 e. The van der Waals surface area contributed by atoms with Gasteiger partial charge in [-0.05, 0) is 0 Å². The molecule has 1 fully saturated rings. The molecule has 0 aliphatic heterocycles. The summed E-state index contributed by atoms with van der Waals surface area (Å²) in [5, 5.41) is 8.32. The van der Waals surface area contributed by atoms with Crippen LogP contribution >= 0.6 is 0 Å². The highest BCUT2D eigenvalue weighted by molar-refractivity contribution is 5.76. The molecule has 0 amide bonds. The second-order valence-corrected chi connectivity index (χ2v) is 3.04. The third-order valence-electron chi connectivity index (χ3n) is 1.96. The highest BCUT2D eigenvalue weighted by atomic mass is 19.1. The van der Waals surface area contributed by atoms with E-state index in [2.05, 4.69) is 0 Å². The van der Waals surface area contributed by atoms with Gasteiger partial charge in [0, 0.05) is 5.41 Å². The minimum absolute atomic E-state index is 0.619. The van der Waals surface area contributed by atoms with Crippen LogP contribution in [0.5, 0.6) is 0 Å². The van der Waals surface area contributed by atoms with E-state index in [1.807, 2.05) is 0 Å². The summed E-state index contributed by atoms with van der Waals surface area (Å²) in [4.78, 5) is 10.1. The van der Waals surface area contributed by atoms with Crippen LogP contribution in [-0.2, 0) is 4.79 Å². The first-order valence-corrected chi connectivity index (χ1v) is 2.85. The maximum Gasteiger partial charge on any atom is 0.310 e. The molecule has 0 radical (unpaired) electrons. The van der Waals surface area contributed by atoms with Gasteiger partial charge in [-0.25, -0.2) is 4.39 Å². The molecule has 0 bridgehead atoms. The van der Waals surface area contributed by atoms with Gasteiger partial charge in [-0.15, -0.1) is 0 Å². The predicted molar refractivity (Wildman–Crippen MR) is 29.8 cm³/mol. The topological polar surface area (TPSA) is 37.3 Å². The second-order valence-electron chi connectivity index (χ2n) is 3.04. The van der Waals surface area contributed by atoms with Crippen molar-refractivity contribution < 1.29 is 14.3 Å². The lowest BCUT2D eigenvalue weighted by Crippen LogP contribution is -2.03. The first-order chi connectivity index (χ1) is 3.98. The van der Waals surface area contributed by atoms with Gasteiger partial charge in [0.25, 0.3) is 0 Å². The molecule has 0 saturated heterocycles. The molecule has 2 atom stereocenters. The van der Waals surface area contributed by atoms with E-state index >= 15 is 0 Å². The van der Waals surface area contributed by atoms with Gasteiger partial charge in [-0.3, -0.25) is 4.79 Å². The molecular weight excluding hydrogens is 123 g/mol. The number of rotatable bonds is 1. The van der Waals surface area contributed by atoms with Crippen LogP contribution < -0.4 is 0 Å². The summed E-state index contributed by atoms with van der Waals surface area (Å²) in [6, 6.07) is 0. The number of carboxylic acid groups (broad SMARTS) is 1. The number of hydrogen-bond acceptors (Lipinski definition) is 1. The standard InChI is InChI=1S/C6H9FO2/c1-6(2)3(4(6)7)5(8)9/h3-4H,1-2H3,(H,8,9). The van der Waals surface area contributed by atoms with Gasteiger partial charge in [-0.1, -0.05) is 13.8 Å². The van der Waals surface area contributed by atoms with Crippen molar-refractivity contribution in [2.24, 2.45) is 11.3 Å². The highest BCUT2D eigenvalue weighted by Gasteiger charge is 2.63. The molecule has 0 aromatic heterocycles. The van der Waals surface area contributed by atoms with Gasteiger partial charge in [0.15, 0.2) is 0 Å². The Hall–Kier alpha value is -0.600. The first kappa shape index (κ1) is 6.52. The van der Waals surface area contributed by atoms with Crippen molar-refractivity contribution >= 4 is 5.97 Å². The molecule has 1 saturated carbocycles. The van der Waals surface area contributed by atoms with Crippen molar-refractivity contribution in [3.63, 3.8) is 0 Å². The van der Waals surface area contributed by atoms with Crippen LogP contribution in [0.25, 0.3) is 0 Å². The number of aliphatic carboxylic acids is 1. The van der Waals surface area contributed by atoms with Gasteiger partial charge in [-0.2, -0.15) is 0 Å².